The summed E-state index contributed by atoms with van der Waals surface area (Å²) in [6, 6.07) is -0.154. The lowest BCUT2D eigenvalue weighted by molar-refractivity contribution is -0.150. The molecule has 0 spiro atoms. The van der Waals surface area contributed by atoms with Gasteiger partial charge in [-0.2, -0.15) is 13.2 Å². The first-order valence-corrected chi connectivity index (χ1v) is 6.55. The molecule has 2 amide bonds. The Bertz CT molecular complexity index is 580. The fourth-order valence-corrected chi connectivity index (χ4v) is 2.42. The Morgan fingerprint density at radius 2 is 1.96 bits per heavy atom. The van der Waals surface area contributed by atoms with Crippen LogP contribution in [0.1, 0.15) is 5.56 Å². The van der Waals surface area contributed by atoms with Crippen molar-refractivity contribution in [2.24, 2.45) is 0 Å². The number of methoxy groups -OCH3 is 2. The van der Waals surface area contributed by atoms with E-state index in [2.05, 4.69) is 4.98 Å². The maximum atomic E-state index is 12.8. The average molecular weight is 335 g/mol. The van der Waals surface area contributed by atoms with Gasteiger partial charge in [0.05, 0.1) is 5.56 Å². The number of aliphatic hydroxyl groups is 1. The second kappa shape index (κ2) is 6.30. The van der Waals surface area contributed by atoms with Crippen LogP contribution in [0.25, 0.3) is 0 Å². The number of ether oxygens (including phenoxy) is 2. The molecular formula is C13H16F3N3O4. The molecule has 1 aromatic rings. The number of urea groups is 1. The van der Waals surface area contributed by atoms with Gasteiger partial charge in [0.1, 0.15) is 11.9 Å². The van der Waals surface area contributed by atoms with Crippen LogP contribution in [-0.4, -0.2) is 60.8 Å². The molecule has 10 heteroatoms. The summed E-state index contributed by atoms with van der Waals surface area (Å²) in [6.07, 6.45) is -6.09. The molecule has 0 saturated carbocycles. The normalized spacial score (nSPS) is 22.3. The van der Waals surface area contributed by atoms with Gasteiger partial charge in [-0.3, -0.25) is 0 Å². The van der Waals surface area contributed by atoms with Crippen molar-refractivity contribution in [3.63, 3.8) is 0 Å². The van der Waals surface area contributed by atoms with Crippen LogP contribution in [0, 0.1) is 0 Å². The lowest BCUT2D eigenvalue weighted by Gasteiger charge is -2.27. The Labute approximate surface area is 130 Å². The average Bonchev–Trinajstić information content (AvgIpc) is 2.72. The molecule has 0 bridgehead atoms. The number of carbonyl (C=O) groups excluding carboxylic acids is 1. The predicted molar refractivity (Wildman–Crippen MR) is 72.5 cm³/mol. The van der Waals surface area contributed by atoms with Gasteiger partial charge >= 0.3 is 12.2 Å². The highest BCUT2D eigenvalue weighted by Gasteiger charge is 2.49. The number of alkyl halides is 3. The number of hydrogen-bond acceptors (Lipinski definition) is 5. The van der Waals surface area contributed by atoms with Crippen LogP contribution >= 0.6 is 0 Å². The Morgan fingerprint density at radius 3 is 2.48 bits per heavy atom. The highest BCUT2D eigenvalue weighted by molar-refractivity contribution is 5.94. The third-order valence-electron chi connectivity index (χ3n) is 3.59. The number of amides is 2. The second-order valence-corrected chi connectivity index (χ2v) is 4.91. The minimum absolute atomic E-state index is 0.308. The Kier molecular flexibility index (Phi) is 4.78. The van der Waals surface area contributed by atoms with Gasteiger partial charge in [0.25, 0.3) is 0 Å². The van der Waals surface area contributed by atoms with E-state index in [0.717, 1.165) is 22.1 Å². The number of rotatable bonds is 4. The monoisotopic (exact) mass is 335 g/mol. The molecule has 7 nitrogen and oxygen atoms in total. The minimum Gasteiger partial charge on any atom is -0.371 e. The summed E-state index contributed by atoms with van der Waals surface area (Å²) in [4.78, 5) is 17.9. The predicted octanol–water partition coefficient (Wildman–Crippen LogP) is 1.28. The quantitative estimate of drug-likeness (QED) is 0.839. The molecule has 0 radical (unpaired) electrons. The molecule has 2 unspecified atom stereocenters. The van der Waals surface area contributed by atoms with E-state index in [4.69, 9.17) is 9.47 Å². The number of pyridine rings is 1. The summed E-state index contributed by atoms with van der Waals surface area (Å²) in [6.45, 7) is 0. The fraction of sp³-hybridized carbons (Fsp3) is 0.538. The zero-order valence-electron chi connectivity index (χ0n) is 12.6. The van der Waals surface area contributed by atoms with Crippen LogP contribution in [0.3, 0.4) is 0 Å². The number of halogens is 3. The van der Waals surface area contributed by atoms with Crippen LogP contribution in [-0.2, 0) is 15.7 Å². The summed E-state index contributed by atoms with van der Waals surface area (Å²) in [7, 11) is 4.03. The van der Waals surface area contributed by atoms with Crippen LogP contribution in [0.2, 0.25) is 0 Å². The third kappa shape index (κ3) is 3.09. The lowest BCUT2D eigenvalue weighted by atomic mass is 10.2. The topological polar surface area (TPSA) is 75.1 Å². The smallest absolute Gasteiger partial charge is 0.371 e. The van der Waals surface area contributed by atoms with E-state index in [9.17, 15) is 23.1 Å². The van der Waals surface area contributed by atoms with Gasteiger partial charge in [0.15, 0.2) is 12.5 Å². The summed E-state index contributed by atoms with van der Waals surface area (Å²) < 4.78 is 48.5. The van der Waals surface area contributed by atoms with E-state index in [1.54, 1.807) is 0 Å². The first kappa shape index (κ1) is 17.4. The van der Waals surface area contributed by atoms with Crippen molar-refractivity contribution in [1.29, 1.82) is 0 Å². The van der Waals surface area contributed by atoms with Gasteiger partial charge in [0, 0.05) is 27.5 Å². The summed E-state index contributed by atoms with van der Waals surface area (Å²) in [5.74, 6) is -0.308. The molecule has 2 rings (SSSR count). The molecule has 128 valence electrons. The highest BCUT2D eigenvalue weighted by atomic mass is 19.4. The molecular weight excluding hydrogens is 319 g/mol. The van der Waals surface area contributed by atoms with E-state index in [1.807, 2.05) is 0 Å². The van der Waals surface area contributed by atoms with Gasteiger partial charge < -0.3 is 19.5 Å². The molecule has 1 saturated heterocycles. The van der Waals surface area contributed by atoms with Crippen LogP contribution < -0.4 is 4.90 Å². The Balaban J connectivity index is 2.39. The van der Waals surface area contributed by atoms with E-state index < -0.39 is 36.3 Å². The van der Waals surface area contributed by atoms with Gasteiger partial charge in [-0.05, 0) is 12.1 Å². The summed E-state index contributed by atoms with van der Waals surface area (Å²) in [5.41, 5.74) is -0.969. The molecule has 1 aliphatic rings. The third-order valence-corrected chi connectivity index (χ3v) is 3.59. The van der Waals surface area contributed by atoms with Crippen molar-refractivity contribution >= 4 is 11.8 Å². The summed E-state index contributed by atoms with van der Waals surface area (Å²) in [5, 5.41) is 10.4. The minimum atomic E-state index is -4.59. The molecule has 0 aromatic carbocycles. The maximum absolute atomic E-state index is 12.8. The van der Waals surface area contributed by atoms with Crippen LogP contribution in [0.4, 0.5) is 23.8 Å². The molecule has 2 atom stereocenters. The number of carbonyl (C=O) groups is 1. The molecule has 23 heavy (non-hydrogen) atoms. The molecule has 1 aromatic heterocycles. The summed E-state index contributed by atoms with van der Waals surface area (Å²) >= 11 is 0. The Morgan fingerprint density at radius 1 is 1.35 bits per heavy atom. The lowest BCUT2D eigenvalue weighted by Crippen LogP contribution is -2.46. The van der Waals surface area contributed by atoms with Crippen molar-refractivity contribution in [2.45, 2.75) is 24.7 Å². The first-order chi connectivity index (χ1) is 10.7. The fourth-order valence-electron chi connectivity index (χ4n) is 2.42. The number of nitrogens with zero attached hydrogens (tertiary/aromatic N) is 3. The van der Waals surface area contributed by atoms with Gasteiger partial charge in [-0.1, -0.05) is 0 Å². The van der Waals surface area contributed by atoms with Crippen molar-refractivity contribution in [3.05, 3.63) is 23.9 Å². The number of aliphatic hydroxyl groups excluding tert-OH is 1. The van der Waals surface area contributed by atoms with Gasteiger partial charge in [-0.15, -0.1) is 0 Å². The molecule has 1 fully saturated rings. The largest absolute Gasteiger partial charge is 0.416 e. The van der Waals surface area contributed by atoms with Crippen molar-refractivity contribution in [1.82, 2.24) is 9.88 Å². The van der Waals surface area contributed by atoms with Crippen LogP contribution in [0.15, 0.2) is 18.3 Å². The number of likely N-dealkylation sites (N-methyl/N-ethyl adjacent to an activating group) is 1. The Hall–Kier alpha value is -1.91. The maximum Gasteiger partial charge on any atom is 0.416 e. The molecule has 2 heterocycles. The highest BCUT2D eigenvalue weighted by Crippen LogP contribution is 2.33. The standard InChI is InChI=1S/C13H16F3N3O4/c1-18-9(11(22-2)23-3)10(20)19(12(18)21)8-6-7(4-5-17-8)13(14,15)16/h4-6,9-11,20H,1-3H3. The molecule has 1 N–H and O–H groups in total. The van der Waals surface area contributed by atoms with Crippen molar-refractivity contribution < 1.29 is 32.5 Å². The van der Waals surface area contributed by atoms with E-state index in [0.29, 0.717) is 6.07 Å². The number of anilines is 1. The SMILES string of the molecule is COC(OC)C1C(O)N(c2cc(C(F)(F)F)ccn2)C(=O)N1C. The number of hydrogen-bond donors (Lipinski definition) is 1. The number of aromatic nitrogens is 1. The van der Waals surface area contributed by atoms with Crippen molar-refractivity contribution in [2.75, 3.05) is 26.2 Å². The zero-order valence-corrected chi connectivity index (χ0v) is 12.6. The molecule has 0 aliphatic carbocycles. The van der Waals surface area contributed by atoms with Crippen LogP contribution in [0.5, 0.6) is 0 Å². The second-order valence-electron chi connectivity index (χ2n) is 4.91. The first-order valence-electron chi connectivity index (χ1n) is 6.55. The van der Waals surface area contributed by atoms with Crippen molar-refractivity contribution in [3.8, 4) is 0 Å². The van der Waals surface area contributed by atoms with E-state index in [-0.39, 0.29) is 5.82 Å². The van der Waals surface area contributed by atoms with Gasteiger partial charge in [-0.25, -0.2) is 14.7 Å². The van der Waals surface area contributed by atoms with Gasteiger partial charge in [0.2, 0.25) is 0 Å². The van der Waals surface area contributed by atoms with E-state index >= 15 is 0 Å². The van der Waals surface area contributed by atoms with E-state index in [1.165, 1.54) is 21.3 Å². The molecule has 1 aliphatic heterocycles. The zero-order chi connectivity index (χ0) is 17.4.